The number of aromatic nitrogens is 2. The predicted octanol–water partition coefficient (Wildman–Crippen LogP) is 9.70. The Morgan fingerprint density at radius 1 is 0.815 bits per heavy atom. The number of carbonyl (C=O) groups excluding carboxylic acids is 3. The molecule has 0 bridgehead atoms. The van der Waals surface area contributed by atoms with Gasteiger partial charge in [0, 0.05) is 36.8 Å². The van der Waals surface area contributed by atoms with E-state index >= 15 is 0 Å². The number of aryl methyl sites for hydroxylation is 1. The van der Waals surface area contributed by atoms with E-state index in [1.807, 2.05) is 0 Å². The molecule has 1 fully saturated rings. The van der Waals surface area contributed by atoms with E-state index in [4.69, 9.17) is 9.47 Å². The van der Waals surface area contributed by atoms with Gasteiger partial charge in [-0.25, -0.2) is 14.4 Å². The van der Waals surface area contributed by atoms with Crippen LogP contribution >= 0.6 is 0 Å². The average molecular weight is 761 g/mol. The van der Waals surface area contributed by atoms with Crippen molar-refractivity contribution in [3.8, 4) is 0 Å². The van der Waals surface area contributed by atoms with Gasteiger partial charge < -0.3 is 30.4 Å². The van der Waals surface area contributed by atoms with Crippen molar-refractivity contribution in [1.82, 2.24) is 25.9 Å². The highest BCUT2D eigenvalue weighted by atomic mass is 16.6. The molecule has 310 valence electrons. The molecule has 0 aromatic carbocycles. The molecule has 0 radical (unpaired) electrons. The number of hydrogen-bond donors (Lipinski definition) is 5. The molecule has 1 aliphatic carbocycles. The van der Waals surface area contributed by atoms with Crippen molar-refractivity contribution < 1.29 is 23.9 Å². The fourth-order valence-corrected chi connectivity index (χ4v) is 8.21. The lowest BCUT2D eigenvalue weighted by molar-refractivity contribution is 0.0635. The van der Waals surface area contributed by atoms with Gasteiger partial charge in [-0.2, -0.15) is 4.98 Å². The second-order valence-corrected chi connectivity index (χ2v) is 16.9. The van der Waals surface area contributed by atoms with Crippen LogP contribution in [0.4, 0.5) is 20.3 Å². The summed E-state index contributed by atoms with van der Waals surface area (Å²) in [6, 6.07) is -0.558. The second kappa shape index (κ2) is 25.7. The SMILES string of the molecule is CCCCCCCCCCC(CCCCCCCC)COC(=O)NC1CC(C)(C)CC(C)(CNC(=O)Nc2nc(=O)c(CCOC(=O)NCC)c(C)[nH]2)C1. The normalized spacial score (nSPS) is 18.4. The standard InChI is InChI=1S/C42H76N6O6/c1-8-11-13-15-17-18-20-22-24-33(23-21-19-16-14-12-9-2)29-54-40(52)46-34-27-41(5,6)30-42(7,28-34)31-44-38(50)48-37-45-32(4)35(36(49)47-37)25-26-53-39(51)43-10-3/h33-34H,8-31H2,1-7H3,(H,43,51)(H,46,52)(H3,44,45,47,48,49,50). The lowest BCUT2D eigenvalue weighted by atomic mass is 9.62. The van der Waals surface area contributed by atoms with Crippen LogP contribution in [-0.4, -0.2) is 60.5 Å². The van der Waals surface area contributed by atoms with Crippen molar-refractivity contribution in [3.05, 3.63) is 21.6 Å². The average Bonchev–Trinajstić information content (AvgIpc) is 3.09. The molecule has 1 aromatic heterocycles. The smallest absolute Gasteiger partial charge is 0.407 e. The number of aromatic amines is 1. The van der Waals surface area contributed by atoms with Crippen LogP contribution in [0.3, 0.4) is 0 Å². The van der Waals surface area contributed by atoms with E-state index in [0.717, 1.165) is 25.7 Å². The highest BCUT2D eigenvalue weighted by molar-refractivity contribution is 5.87. The number of anilines is 1. The molecule has 1 aliphatic rings. The van der Waals surface area contributed by atoms with Gasteiger partial charge in [0.05, 0.1) is 13.2 Å². The zero-order valence-corrected chi connectivity index (χ0v) is 35.0. The Morgan fingerprint density at radius 2 is 1.41 bits per heavy atom. The maximum absolute atomic E-state index is 13.2. The Morgan fingerprint density at radius 3 is 1.98 bits per heavy atom. The summed E-state index contributed by atoms with van der Waals surface area (Å²) >= 11 is 0. The second-order valence-electron chi connectivity index (χ2n) is 16.9. The van der Waals surface area contributed by atoms with Crippen LogP contribution in [0, 0.1) is 23.7 Å². The summed E-state index contributed by atoms with van der Waals surface area (Å²) in [5.41, 5.74) is 0.0912. The van der Waals surface area contributed by atoms with Gasteiger partial charge in [-0.3, -0.25) is 10.1 Å². The number of alkyl carbamates (subject to hydrolysis) is 2. The number of nitrogens with zero attached hydrogens (tertiary/aromatic N) is 1. The van der Waals surface area contributed by atoms with Crippen LogP contribution in [0.1, 0.15) is 175 Å². The molecule has 1 aromatic rings. The van der Waals surface area contributed by atoms with Crippen molar-refractivity contribution in [1.29, 1.82) is 0 Å². The van der Waals surface area contributed by atoms with Gasteiger partial charge in [-0.15, -0.1) is 0 Å². The largest absolute Gasteiger partial charge is 0.449 e. The molecule has 0 aliphatic heterocycles. The van der Waals surface area contributed by atoms with Gasteiger partial charge in [0.15, 0.2) is 0 Å². The van der Waals surface area contributed by atoms with Crippen LogP contribution in [0.15, 0.2) is 4.79 Å². The highest BCUT2D eigenvalue weighted by Gasteiger charge is 2.42. The molecular weight excluding hydrogens is 684 g/mol. The first-order valence-electron chi connectivity index (χ1n) is 21.3. The van der Waals surface area contributed by atoms with E-state index in [9.17, 15) is 19.2 Å². The van der Waals surface area contributed by atoms with Crippen molar-refractivity contribution in [3.63, 3.8) is 0 Å². The van der Waals surface area contributed by atoms with Crippen LogP contribution in [0.2, 0.25) is 0 Å². The number of hydrogen-bond acceptors (Lipinski definition) is 7. The number of ether oxygens (including phenoxy) is 2. The Labute approximate surface area is 326 Å². The third-order valence-corrected chi connectivity index (χ3v) is 10.7. The predicted molar refractivity (Wildman–Crippen MR) is 218 cm³/mol. The molecule has 12 heteroatoms. The zero-order valence-electron chi connectivity index (χ0n) is 35.0. The summed E-state index contributed by atoms with van der Waals surface area (Å²) in [6.45, 7) is 15.9. The molecule has 2 rings (SSSR count). The molecular formula is C42H76N6O6. The van der Waals surface area contributed by atoms with E-state index in [2.05, 4.69) is 65.9 Å². The van der Waals surface area contributed by atoms with Crippen LogP contribution in [0.5, 0.6) is 0 Å². The fourth-order valence-electron chi connectivity index (χ4n) is 8.21. The number of urea groups is 1. The first-order valence-corrected chi connectivity index (χ1v) is 21.3. The van der Waals surface area contributed by atoms with Crippen LogP contribution in [-0.2, 0) is 15.9 Å². The van der Waals surface area contributed by atoms with Crippen LogP contribution in [0.25, 0.3) is 0 Å². The molecule has 0 spiro atoms. The third kappa shape index (κ3) is 19.9. The zero-order chi connectivity index (χ0) is 39.8. The Balaban J connectivity index is 1.88. The quantitative estimate of drug-likeness (QED) is 0.0587. The van der Waals surface area contributed by atoms with Gasteiger partial charge >= 0.3 is 18.2 Å². The summed E-state index contributed by atoms with van der Waals surface area (Å²) in [5, 5.41) is 11.3. The van der Waals surface area contributed by atoms with Gasteiger partial charge in [0.2, 0.25) is 5.95 Å². The summed E-state index contributed by atoms with van der Waals surface area (Å²) < 4.78 is 11.0. The molecule has 54 heavy (non-hydrogen) atoms. The van der Waals surface area contributed by atoms with Gasteiger partial charge in [0.25, 0.3) is 5.56 Å². The van der Waals surface area contributed by atoms with Gasteiger partial charge in [-0.1, -0.05) is 125 Å². The fraction of sp³-hybridized carbons (Fsp3) is 0.833. The maximum Gasteiger partial charge on any atom is 0.407 e. The van der Waals surface area contributed by atoms with Crippen molar-refractivity contribution in [2.24, 2.45) is 16.7 Å². The van der Waals surface area contributed by atoms with E-state index in [1.165, 1.54) is 89.9 Å². The number of unbranched alkanes of at least 4 members (excludes halogenated alkanes) is 12. The van der Waals surface area contributed by atoms with Crippen LogP contribution < -0.4 is 26.8 Å². The Bertz CT molecular complexity index is 1300. The Hall–Kier alpha value is -3.31. The molecule has 12 nitrogen and oxygen atoms in total. The summed E-state index contributed by atoms with van der Waals surface area (Å²) in [6.07, 6.45) is 21.9. The molecule has 1 saturated carbocycles. The highest BCUT2D eigenvalue weighted by Crippen LogP contribution is 2.45. The minimum atomic E-state index is -0.543. The number of H-pyrrole nitrogens is 1. The number of nitrogens with one attached hydrogen (secondary N) is 5. The summed E-state index contributed by atoms with van der Waals surface area (Å²) in [5.74, 6) is 0.437. The van der Waals surface area contributed by atoms with E-state index in [0.29, 0.717) is 43.3 Å². The number of rotatable bonds is 26. The monoisotopic (exact) mass is 761 g/mol. The van der Waals surface area contributed by atoms with E-state index < -0.39 is 17.7 Å². The minimum Gasteiger partial charge on any atom is -0.449 e. The first-order chi connectivity index (χ1) is 25.8. The lowest BCUT2D eigenvalue weighted by Crippen LogP contribution is -2.51. The van der Waals surface area contributed by atoms with Crippen molar-refractivity contribution >= 4 is 24.2 Å². The first kappa shape index (κ1) is 46.8. The molecule has 4 amide bonds. The summed E-state index contributed by atoms with van der Waals surface area (Å²) in [7, 11) is 0. The van der Waals surface area contributed by atoms with E-state index in [-0.39, 0.29) is 41.9 Å². The number of amides is 4. The van der Waals surface area contributed by atoms with Gasteiger partial charge in [0.1, 0.15) is 0 Å². The van der Waals surface area contributed by atoms with Crippen molar-refractivity contribution in [2.75, 3.05) is 31.6 Å². The lowest BCUT2D eigenvalue weighted by Gasteiger charge is -2.46. The Kier molecular flexibility index (Phi) is 22.3. The molecule has 3 unspecified atom stereocenters. The third-order valence-electron chi connectivity index (χ3n) is 10.7. The maximum atomic E-state index is 13.2. The summed E-state index contributed by atoms with van der Waals surface area (Å²) in [4.78, 5) is 57.3. The van der Waals surface area contributed by atoms with Crippen molar-refractivity contribution in [2.45, 2.75) is 183 Å². The molecule has 5 N–H and O–H groups in total. The number of carbonyl (C=O) groups is 3. The minimum absolute atomic E-state index is 0.0341. The molecule has 1 heterocycles. The molecule has 0 saturated heterocycles. The van der Waals surface area contributed by atoms with Gasteiger partial charge in [-0.05, 0) is 62.7 Å². The topological polar surface area (TPSA) is 164 Å². The molecule has 3 atom stereocenters. The van der Waals surface area contributed by atoms with E-state index in [1.54, 1.807) is 13.8 Å².